The number of methoxy groups -OCH3 is 2. The molecule has 2 aromatic heterocycles. The van der Waals surface area contributed by atoms with E-state index in [9.17, 15) is 0 Å². The van der Waals surface area contributed by atoms with Crippen LogP contribution in [0.3, 0.4) is 0 Å². The zero-order valence-corrected chi connectivity index (χ0v) is 19.8. The minimum Gasteiger partial charge on any atom is -0.497 e. The lowest BCUT2D eigenvalue weighted by molar-refractivity contribution is 0.404. The molecule has 170 valence electrons. The third-order valence-electron chi connectivity index (χ3n) is 5.54. The number of para-hydroxylation sites is 1. The topological polar surface area (TPSA) is 63.9 Å². The summed E-state index contributed by atoms with van der Waals surface area (Å²) in [6.45, 7) is 0.568. The average molecular weight is 469 g/mol. The number of hydrogen-bond donors (Lipinski definition) is 1. The van der Waals surface area contributed by atoms with Gasteiger partial charge in [-0.05, 0) is 29.8 Å². The van der Waals surface area contributed by atoms with Crippen LogP contribution in [0.5, 0.6) is 11.5 Å². The SMILES string of the molecule is COc1ccc(OC)c(-c2csc(=NCc3ccccc3)n2N=Cc2c[nH]c3ccccc23)c1. The molecule has 1 N–H and O–H groups in total. The number of hydrogen-bond acceptors (Lipinski definition) is 5. The van der Waals surface area contributed by atoms with Crippen LogP contribution in [0.1, 0.15) is 11.1 Å². The predicted molar refractivity (Wildman–Crippen MR) is 138 cm³/mol. The van der Waals surface area contributed by atoms with E-state index in [1.807, 2.05) is 71.0 Å². The number of benzene rings is 3. The molecule has 0 radical (unpaired) electrons. The van der Waals surface area contributed by atoms with E-state index in [-0.39, 0.29) is 0 Å². The van der Waals surface area contributed by atoms with Gasteiger partial charge in [0.15, 0.2) is 0 Å². The monoisotopic (exact) mass is 468 g/mol. The molecule has 0 aliphatic carbocycles. The van der Waals surface area contributed by atoms with Crippen LogP contribution in [-0.4, -0.2) is 30.1 Å². The zero-order chi connectivity index (χ0) is 23.3. The largest absolute Gasteiger partial charge is 0.497 e. The first-order chi connectivity index (χ1) is 16.8. The number of fused-ring (bicyclic) bond motifs is 1. The third kappa shape index (κ3) is 4.38. The molecule has 0 unspecified atom stereocenters. The van der Waals surface area contributed by atoms with E-state index >= 15 is 0 Å². The van der Waals surface area contributed by atoms with Gasteiger partial charge in [0.2, 0.25) is 4.80 Å². The molecule has 5 aromatic rings. The van der Waals surface area contributed by atoms with Crippen LogP contribution < -0.4 is 14.3 Å². The standard InChI is InChI=1S/C27H24N4O2S/c1-32-21-12-13-26(33-2)23(14-21)25-18-34-27(29-15-19-8-4-3-5-9-19)31(25)30-17-20-16-28-24-11-7-6-10-22(20)24/h3-14,16-18,28H,15H2,1-2H3. The second kappa shape index (κ2) is 9.80. The molecule has 0 amide bonds. The molecule has 7 heteroatoms. The quantitative estimate of drug-likeness (QED) is 0.312. The van der Waals surface area contributed by atoms with Crippen molar-refractivity contribution < 1.29 is 9.47 Å². The van der Waals surface area contributed by atoms with E-state index < -0.39 is 0 Å². The summed E-state index contributed by atoms with van der Waals surface area (Å²) in [5.74, 6) is 1.49. The van der Waals surface area contributed by atoms with Crippen molar-refractivity contribution >= 4 is 28.5 Å². The maximum absolute atomic E-state index is 5.65. The number of ether oxygens (including phenoxy) is 2. The number of nitrogens with one attached hydrogen (secondary N) is 1. The Kier molecular flexibility index (Phi) is 6.27. The Bertz CT molecular complexity index is 1510. The molecule has 5 rings (SSSR count). The Morgan fingerprint density at radius 2 is 1.79 bits per heavy atom. The summed E-state index contributed by atoms with van der Waals surface area (Å²) in [5, 5.41) is 8.04. The Morgan fingerprint density at radius 1 is 0.971 bits per heavy atom. The minimum atomic E-state index is 0.568. The van der Waals surface area contributed by atoms with Crippen LogP contribution in [0.15, 0.2) is 94.5 Å². The summed E-state index contributed by atoms with van der Waals surface area (Å²) in [6.07, 6.45) is 3.83. The summed E-state index contributed by atoms with van der Waals surface area (Å²) in [4.78, 5) is 8.96. The van der Waals surface area contributed by atoms with Gasteiger partial charge in [-0.3, -0.25) is 4.99 Å². The Balaban J connectivity index is 1.63. The number of aromatic nitrogens is 2. The fourth-order valence-electron chi connectivity index (χ4n) is 3.78. The van der Waals surface area contributed by atoms with Crippen molar-refractivity contribution in [3.63, 3.8) is 0 Å². The first kappa shape index (κ1) is 21.7. The zero-order valence-electron chi connectivity index (χ0n) is 18.9. The molecule has 3 aromatic carbocycles. The van der Waals surface area contributed by atoms with Gasteiger partial charge in [-0.25, -0.2) is 4.68 Å². The van der Waals surface area contributed by atoms with E-state index in [2.05, 4.69) is 29.2 Å². The highest BCUT2D eigenvalue weighted by atomic mass is 32.1. The van der Waals surface area contributed by atoms with Crippen LogP contribution >= 0.6 is 11.3 Å². The fourth-order valence-corrected chi connectivity index (χ4v) is 4.61. The van der Waals surface area contributed by atoms with Gasteiger partial charge in [-0.1, -0.05) is 48.5 Å². The summed E-state index contributed by atoms with van der Waals surface area (Å²) < 4.78 is 13.0. The van der Waals surface area contributed by atoms with Gasteiger partial charge < -0.3 is 14.5 Å². The second-order valence-electron chi connectivity index (χ2n) is 7.62. The van der Waals surface area contributed by atoms with Crippen LogP contribution in [0.25, 0.3) is 22.2 Å². The molecule has 0 saturated carbocycles. The molecule has 0 fully saturated rings. The maximum atomic E-state index is 5.65. The molecule has 0 saturated heterocycles. The summed E-state index contributed by atoms with van der Waals surface area (Å²) in [6, 6.07) is 24.1. The molecular weight excluding hydrogens is 444 g/mol. The highest BCUT2D eigenvalue weighted by molar-refractivity contribution is 7.07. The van der Waals surface area contributed by atoms with E-state index in [1.54, 1.807) is 25.6 Å². The van der Waals surface area contributed by atoms with Gasteiger partial charge in [-0.15, -0.1) is 11.3 Å². The van der Waals surface area contributed by atoms with Crippen molar-refractivity contribution in [3.05, 3.63) is 100 Å². The minimum absolute atomic E-state index is 0.568. The number of thiazole rings is 1. The van der Waals surface area contributed by atoms with Gasteiger partial charge in [0.05, 0.1) is 32.7 Å². The van der Waals surface area contributed by atoms with Crippen molar-refractivity contribution in [3.8, 4) is 22.8 Å². The van der Waals surface area contributed by atoms with Crippen molar-refractivity contribution in [1.29, 1.82) is 0 Å². The summed E-state index contributed by atoms with van der Waals surface area (Å²) in [5.41, 5.74) is 4.98. The Labute approximate surface area is 201 Å². The molecule has 0 atom stereocenters. The van der Waals surface area contributed by atoms with E-state index in [4.69, 9.17) is 19.6 Å². The Hall–Kier alpha value is -4.10. The molecule has 2 heterocycles. The number of aromatic amines is 1. The average Bonchev–Trinajstić information content (AvgIpc) is 3.50. The van der Waals surface area contributed by atoms with E-state index in [1.165, 1.54) is 0 Å². The van der Waals surface area contributed by atoms with Gasteiger partial charge in [0.25, 0.3) is 0 Å². The number of rotatable bonds is 7. The van der Waals surface area contributed by atoms with Crippen molar-refractivity contribution in [2.75, 3.05) is 14.2 Å². The van der Waals surface area contributed by atoms with Crippen LogP contribution in [0, 0.1) is 0 Å². The van der Waals surface area contributed by atoms with Crippen LogP contribution in [0.2, 0.25) is 0 Å². The lowest BCUT2D eigenvalue weighted by Gasteiger charge is -2.11. The third-order valence-corrected chi connectivity index (χ3v) is 6.40. The smallest absolute Gasteiger partial charge is 0.206 e. The highest BCUT2D eigenvalue weighted by Gasteiger charge is 2.14. The highest BCUT2D eigenvalue weighted by Crippen LogP contribution is 2.33. The van der Waals surface area contributed by atoms with E-state index in [0.717, 1.165) is 49.6 Å². The summed E-state index contributed by atoms with van der Waals surface area (Å²) in [7, 11) is 3.32. The first-order valence-electron chi connectivity index (χ1n) is 10.8. The van der Waals surface area contributed by atoms with E-state index in [0.29, 0.717) is 6.54 Å². The Morgan fingerprint density at radius 3 is 2.62 bits per heavy atom. The number of nitrogens with zero attached hydrogens (tertiary/aromatic N) is 3. The number of H-pyrrole nitrogens is 1. The lowest BCUT2D eigenvalue weighted by atomic mass is 10.1. The van der Waals surface area contributed by atoms with Crippen LogP contribution in [0.4, 0.5) is 0 Å². The fraction of sp³-hybridized carbons (Fsp3) is 0.111. The summed E-state index contributed by atoms with van der Waals surface area (Å²) >= 11 is 1.54. The molecule has 6 nitrogen and oxygen atoms in total. The van der Waals surface area contributed by atoms with Gasteiger partial charge >= 0.3 is 0 Å². The molecule has 0 aliphatic rings. The second-order valence-corrected chi connectivity index (χ2v) is 8.45. The van der Waals surface area contributed by atoms with Crippen molar-refractivity contribution in [1.82, 2.24) is 9.66 Å². The lowest BCUT2D eigenvalue weighted by Crippen LogP contribution is -2.12. The van der Waals surface area contributed by atoms with Crippen molar-refractivity contribution in [2.24, 2.45) is 10.1 Å². The van der Waals surface area contributed by atoms with Gasteiger partial charge in [-0.2, -0.15) is 5.10 Å². The molecule has 0 spiro atoms. The maximum Gasteiger partial charge on any atom is 0.206 e. The molecule has 0 aliphatic heterocycles. The molecule has 34 heavy (non-hydrogen) atoms. The van der Waals surface area contributed by atoms with Gasteiger partial charge in [0.1, 0.15) is 11.5 Å². The normalized spacial score (nSPS) is 12.0. The van der Waals surface area contributed by atoms with Crippen LogP contribution in [-0.2, 0) is 6.54 Å². The molecule has 0 bridgehead atoms. The van der Waals surface area contributed by atoms with Gasteiger partial charge in [0, 0.05) is 33.6 Å². The first-order valence-corrected chi connectivity index (χ1v) is 11.7. The predicted octanol–water partition coefficient (Wildman–Crippen LogP) is 5.70. The van der Waals surface area contributed by atoms with Crippen molar-refractivity contribution in [2.45, 2.75) is 6.54 Å². The molecular formula is C27H24N4O2S.